The fraction of sp³-hybridized carbons (Fsp3) is 0.458. The lowest BCUT2D eigenvalue weighted by atomic mass is 9.67. The Kier molecular flexibility index (Phi) is 5.58. The van der Waals surface area contributed by atoms with Crippen molar-refractivity contribution in [1.29, 1.82) is 0 Å². The summed E-state index contributed by atoms with van der Waals surface area (Å²) in [7, 11) is 0. The van der Waals surface area contributed by atoms with Gasteiger partial charge in [-0.25, -0.2) is 0 Å². The van der Waals surface area contributed by atoms with E-state index in [2.05, 4.69) is 60.7 Å². The predicted octanol–water partition coefficient (Wildman–Crippen LogP) is 6.17. The fourth-order valence-corrected chi connectivity index (χ4v) is 4.83. The normalized spacial score (nSPS) is 22.1. The average Bonchev–Trinajstić information content (AvgIpc) is 3.20. The molecule has 0 radical (unpaired) electrons. The average molecular weight is 424 g/mol. The minimum absolute atomic E-state index is 0.290. The zero-order valence-corrected chi connectivity index (χ0v) is 18.9. The number of nitrogens with zero attached hydrogens (tertiary/aromatic N) is 4. The molecule has 0 unspecified atom stereocenters. The van der Waals surface area contributed by atoms with Crippen LogP contribution in [0.1, 0.15) is 57.8 Å². The highest BCUT2D eigenvalue weighted by Crippen LogP contribution is 2.47. The van der Waals surface area contributed by atoms with Gasteiger partial charge in [-0.15, -0.1) is 5.10 Å². The molecule has 0 atom stereocenters. The number of benzene rings is 2. The Balaban J connectivity index is 1.77. The minimum Gasteiger partial charge on any atom is -0.371 e. The molecule has 5 nitrogen and oxygen atoms in total. The van der Waals surface area contributed by atoms with Gasteiger partial charge in [-0.1, -0.05) is 62.7 Å². The Morgan fingerprint density at radius 3 is 2.37 bits per heavy atom. The molecule has 1 heterocycles. The van der Waals surface area contributed by atoms with Crippen LogP contribution in [-0.4, -0.2) is 20.2 Å². The Morgan fingerprint density at radius 2 is 1.70 bits per heavy atom. The molecule has 3 aromatic rings. The monoisotopic (exact) mass is 423 g/mol. The number of rotatable bonds is 4. The molecule has 1 aromatic heterocycles. The standard InChI is InChI=1S/C24H30ClN5/c1-17-9-5-8-12-21(17)30-22(27-28-29-30)24(26-20-11-7-6-10-19(20)25)15-13-18(14-16-24)23(2,3)4/h5-12,18,26H,13-16H2,1-4H3. The highest BCUT2D eigenvalue weighted by molar-refractivity contribution is 6.33. The summed E-state index contributed by atoms with van der Waals surface area (Å²) in [5.74, 6) is 1.52. The molecule has 0 saturated heterocycles. The second-order valence-corrected chi connectivity index (χ2v) is 9.94. The minimum atomic E-state index is -0.376. The summed E-state index contributed by atoms with van der Waals surface area (Å²) in [6, 6.07) is 16.1. The van der Waals surface area contributed by atoms with Gasteiger partial charge in [0, 0.05) is 0 Å². The number of halogens is 1. The van der Waals surface area contributed by atoms with Crippen LogP contribution in [0.3, 0.4) is 0 Å². The van der Waals surface area contributed by atoms with Crippen molar-refractivity contribution < 1.29 is 0 Å². The molecule has 0 amide bonds. The summed E-state index contributed by atoms with van der Waals surface area (Å²) in [5, 5.41) is 17.5. The number of nitrogens with one attached hydrogen (secondary N) is 1. The molecule has 1 fully saturated rings. The summed E-state index contributed by atoms with van der Waals surface area (Å²) in [5.41, 5.74) is 2.99. The highest BCUT2D eigenvalue weighted by Gasteiger charge is 2.44. The number of anilines is 1. The maximum Gasteiger partial charge on any atom is 0.181 e. The SMILES string of the molecule is Cc1ccccc1-n1nnnc1C1(Nc2ccccc2Cl)CCC(C(C)(C)C)CC1. The zero-order chi connectivity index (χ0) is 21.4. The van der Waals surface area contributed by atoms with Gasteiger partial charge in [0.1, 0.15) is 0 Å². The number of aryl methyl sites for hydroxylation is 1. The van der Waals surface area contributed by atoms with Crippen LogP contribution in [0.25, 0.3) is 5.69 Å². The first kappa shape index (κ1) is 20.9. The van der Waals surface area contributed by atoms with Crippen LogP contribution in [0.5, 0.6) is 0 Å². The fourth-order valence-electron chi connectivity index (χ4n) is 4.65. The van der Waals surface area contributed by atoms with E-state index < -0.39 is 0 Å². The van der Waals surface area contributed by atoms with Gasteiger partial charge in [-0.05, 0) is 78.1 Å². The Hall–Kier alpha value is -2.40. The molecule has 1 saturated carbocycles. The molecule has 2 aromatic carbocycles. The Morgan fingerprint density at radius 1 is 1.03 bits per heavy atom. The first-order valence-corrected chi connectivity index (χ1v) is 11.1. The summed E-state index contributed by atoms with van der Waals surface area (Å²) in [4.78, 5) is 0. The number of hydrogen-bond donors (Lipinski definition) is 1. The topological polar surface area (TPSA) is 55.6 Å². The molecule has 0 spiro atoms. The summed E-state index contributed by atoms with van der Waals surface area (Å²) < 4.78 is 1.90. The molecule has 6 heteroatoms. The quantitative estimate of drug-likeness (QED) is 0.545. The zero-order valence-electron chi connectivity index (χ0n) is 18.2. The van der Waals surface area contributed by atoms with Crippen molar-refractivity contribution in [2.24, 2.45) is 11.3 Å². The van der Waals surface area contributed by atoms with Gasteiger partial charge in [-0.3, -0.25) is 0 Å². The number of tetrazole rings is 1. The van der Waals surface area contributed by atoms with Gasteiger partial charge in [0.05, 0.1) is 21.9 Å². The summed E-state index contributed by atoms with van der Waals surface area (Å²) in [6.07, 6.45) is 4.13. The molecule has 1 N–H and O–H groups in total. The lowest BCUT2D eigenvalue weighted by molar-refractivity contribution is 0.137. The third-order valence-electron chi connectivity index (χ3n) is 6.55. The van der Waals surface area contributed by atoms with E-state index in [1.807, 2.05) is 41.1 Å². The number of para-hydroxylation sites is 2. The van der Waals surface area contributed by atoms with E-state index in [1.165, 1.54) is 0 Å². The van der Waals surface area contributed by atoms with Gasteiger partial charge >= 0.3 is 0 Å². The summed E-state index contributed by atoms with van der Waals surface area (Å²) >= 11 is 6.53. The van der Waals surface area contributed by atoms with Gasteiger partial charge in [0.25, 0.3) is 0 Å². The van der Waals surface area contributed by atoms with Crippen molar-refractivity contribution >= 4 is 17.3 Å². The molecule has 4 rings (SSSR count). The first-order chi connectivity index (χ1) is 14.3. The van der Waals surface area contributed by atoms with Crippen LogP contribution in [0, 0.1) is 18.3 Å². The molecule has 1 aliphatic rings. The van der Waals surface area contributed by atoms with E-state index in [0.717, 1.165) is 48.4 Å². The Labute approximate surface area is 183 Å². The maximum absolute atomic E-state index is 6.53. The van der Waals surface area contributed by atoms with Crippen LogP contribution in [0.2, 0.25) is 5.02 Å². The van der Waals surface area contributed by atoms with Crippen molar-refractivity contribution in [3.05, 3.63) is 64.9 Å². The van der Waals surface area contributed by atoms with Gasteiger partial charge in [0.15, 0.2) is 5.82 Å². The van der Waals surface area contributed by atoms with E-state index >= 15 is 0 Å². The van der Waals surface area contributed by atoms with E-state index in [1.54, 1.807) is 0 Å². The second kappa shape index (κ2) is 8.03. The van der Waals surface area contributed by atoms with Crippen LogP contribution < -0.4 is 5.32 Å². The van der Waals surface area contributed by atoms with E-state index in [9.17, 15) is 0 Å². The number of hydrogen-bond acceptors (Lipinski definition) is 4. The smallest absolute Gasteiger partial charge is 0.181 e. The van der Waals surface area contributed by atoms with Crippen LogP contribution in [0.4, 0.5) is 5.69 Å². The Bertz CT molecular complexity index is 1010. The third-order valence-corrected chi connectivity index (χ3v) is 6.88. The van der Waals surface area contributed by atoms with E-state index in [0.29, 0.717) is 16.4 Å². The van der Waals surface area contributed by atoms with Crippen molar-refractivity contribution in [2.75, 3.05) is 5.32 Å². The molecule has 158 valence electrons. The van der Waals surface area contributed by atoms with Crippen LogP contribution in [-0.2, 0) is 5.54 Å². The molecular formula is C24H30ClN5. The van der Waals surface area contributed by atoms with Crippen LogP contribution in [0.15, 0.2) is 48.5 Å². The number of aromatic nitrogens is 4. The van der Waals surface area contributed by atoms with Gasteiger partial charge < -0.3 is 5.32 Å². The van der Waals surface area contributed by atoms with Crippen molar-refractivity contribution in [2.45, 2.75) is 58.9 Å². The molecule has 0 aliphatic heterocycles. The molecule has 0 bridgehead atoms. The second-order valence-electron chi connectivity index (χ2n) is 9.53. The molecule has 30 heavy (non-hydrogen) atoms. The highest BCUT2D eigenvalue weighted by atomic mass is 35.5. The van der Waals surface area contributed by atoms with E-state index in [4.69, 9.17) is 11.6 Å². The predicted molar refractivity (Wildman–Crippen MR) is 122 cm³/mol. The lowest BCUT2D eigenvalue weighted by Gasteiger charge is -2.44. The molecule has 1 aliphatic carbocycles. The van der Waals surface area contributed by atoms with Crippen LogP contribution >= 0.6 is 11.6 Å². The third kappa shape index (κ3) is 3.95. The van der Waals surface area contributed by atoms with Crippen molar-refractivity contribution in [3.63, 3.8) is 0 Å². The largest absolute Gasteiger partial charge is 0.371 e. The summed E-state index contributed by atoms with van der Waals surface area (Å²) in [6.45, 7) is 9.10. The lowest BCUT2D eigenvalue weighted by Crippen LogP contribution is -2.43. The van der Waals surface area contributed by atoms with Gasteiger partial charge in [-0.2, -0.15) is 4.68 Å². The molecular weight excluding hydrogens is 394 g/mol. The van der Waals surface area contributed by atoms with Crippen molar-refractivity contribution in [1.82, 2.24) is 20.2 Å². The van der Waals surface area contributed by atoms with Gasteiger partial charge in [0.2, 0.25) is 0 Å². The maximum atomic E-state index is 6.53. The van der Waals surface area contributed by atoms with E-state index in [-0.39, 0.29) is 5.54 Å². The first-order valence-electron chi connectivity index (χ1n) is 10.7. The van der Waals surface area contributed by atoms with Crippen molar-refractivity contribution in [3.8, 4) is 5.69 Å².